The highest BCUT2D eigenvalue weighted by atomic mass is 19.1. The molecule has 2 aromatic carbocycles. The van der Waals surface area contributed by atoms with Crippen molar-refractivity contribution < 1.29 is 14.0 Å². The largest absolute Gasteiger partial charge is 0.336 e. The fourth-order valence-electron chi connectivity index (χ4n) is 4.09. The second-order valence-electron chi connectivity index (χ2n) is 8.11. The summed E-state index contributed by atoms with van der Waals surface area (Å²) in [6, 6.07) is 17.4. The molecule has 1 fully saturated rings. The predicted octanol–water partition coefficient (Wildman–Crippen LogP) is 2.93. The minimum Gasteiger partial charge on any atom is -0.336 e. The van der Waals surface area contributed by atoms with Crippen LogP contribution in [-0.2, 0) is 4.79 Å². The van der Waals surface area contributed by atoms with Gasteiger partial charge in [-0.25, -0.2) is 13.9 Å². The Kier molecular flexibility index (Phi) is 6.01. The Morgan fingerprint density at radius 2 is 1.68 bits per heavy atom. The lowest BCUT2D eigenvalue weighted by molar-refractivity contribution is -0.117. The molecule has 0 unspecified atom stereocenters. The molecule has 2 amide bonds. The summed E-state index contributed by atoms with van der Waals surface area (Å²) in [7, 11) is 0. The third kappa shape index (κ3) is 4.51. The van der Waals surface area contributed by atoms with Crippen molar-refractivity contribution in [3.8, 4) is 11.3 Å². The van der Waals surface area contributed by atoms with Gasteiger partial charge in [0.1, 0.15) is 11.4 Å². The van der Waals surface area contributed by atoms with Gasteiger partial charge in [-0.15, -0.1) is 0 Å². The Hall–Kier alpha value is -4.11. The van der Waals surface area contributed by atoms with E-state index in [2.05, 4.69) is 15.4 Å². The second-order valence-corrected chi connectivity index (χ2v) is 8.11. The molecule has 2 aromatic heterocycles. The molecule has 0 saturated carbocycles. The van der Waals surface area contributed by atoms with Gasteiger partial charge >= 0.3 is 0 Å². The van der Waals surface area contributed by atoms with Crippen molar-refractivity contribution in [1.82, 2.24) is 24.4 Å². The van der Waals surface area contributed by atoms with E-state index in [0.29, 0.717) is 43.1 Å². The maximum Gasteiger partial charge on any atom is 0.259 e. The highest BCUT2D eigenvalue weighted by molar-refractivity contribution is 6.00. The molecule has 5 rings (SSSR count). The van der Waals surface area contributed by atoms with E-state index >= 15 is 0 Å². The first-order valence-corrected chi connectivity index (χ1v) is 11.0. The van der Waals surface area contributed by atoms with Gasteiger partial charge < -0.3 is 10.2 Å². The second kappa shape index (κ2) is 9.40. The third-order valence-electron chi connectivity index (χ3n) is 5.86. The van der Waals surface area contributed by atoms with Gasteiger partial charge in [0.15, 0.2) is 5.65 Å². The van der Waals surface area contributed by atoms with Gasteiger partial charge in [0.25, 0.3) is 5.91 Å². The number of rotatable bonds is 5. The van der Waals surface area contributed by atoms with Gasteiger partial charge in [-0.05, 0) is 30.3 Å². The molecule has 0 atom stereocenters. The van der Waals surface area contributed by atoms with Crippen molar-refractivity contribution in [3.05, 3.63) is 84.4 Å². The van der Waals surface area contributed by atoms with Crippen LogP contribution in [0.25, 0.3) is 16.9 Å². The van der Waals surface area contributed by atoms with Crippen LogP contribution in [0.3, 0.4) is 0 Å². The summed E-state index contributed by atoms with van der Waals surface area (Å²) >= 11 is 0. The number of aromatic nitrogens is 3. The zero-order chi connectivity index (χ0) is 23.5. The summed E-state index contributed by atoms with van der Waals surface area (Å²) in [6.07, 6.45) is 3.26. The van der Waals surface area contributed by atoms with E-state index in [0.717, 1.165) is 11.3 Å². The number of nitrogens with one attached hydrogen (secondary N) is 1. The molecule has 34 heavy (non-hydrogen) atoms. The summed E-state index contributed by atoms with van der Waals surface area (Å²) in [5.41, 5.74) is 3.38. The van der Waals surface area contributed by atoms with Crippen LogP contribution in [0.4, 0.5) is 10.1 Å². The molecule has 1 N–H and O–H groups in total. The van der Waals surface area contributed by atoms with Crippen molar-refractivity contribution in [2.24, 2.45) is 0 Å². The Balaban J connectivity index is 1.22. The Morgan fingerprint density at radius 3 is 2.41 bits per heavy atom. The van der Waals surface area contributed by atoms with E-state index in [1.165, 1.54) is 24.3 Å². The number of halogens is 1. The van der Waals surface area contributed by atoms with Gasteiger partial charge in [0.05, 0.1) is 18.4 Å². The van der Waals surface area contributed by atoms with Crippen molar-refractivity contribution in [2.45, 2.75) is 0 Å². The molecule has 0 bridgehead atoms. The lowest BCUT2D eigenvalue weighted by Gasteiger charge is -2.34. The van der Waals surface area contributed by atoms with Crippen molar-refractivity contribution in [1.29, 1.82) is 0 Å². The van der Waals surface area contributed by atoms with Crippen LogP contribution in [0.15, 0.2) is 73.1 Å². The SMILES string of the molecule is O=C(CN1CCN(C(=O)c2cnn3c(-c4ccccc4)ccnc23)CC1)Nc1ccc(F)cc1. The molecule has 4 aromatic rings. The van der Waals surface area contributed by atoms with E-state index < -0.39 is 0 Å². The number of anilines is 1. The maximum atomic E-state index is 13.2. The molecule has 0 radical (unpaired) electrons. The Bertz CT molecular complexity index is 1310. The van der Waals surface area contributed by atoms with Gasteiger partial charge in [0, 0.05) is 43.6 Å². The third-order valence-corrected chi connectivity index (χ3v) is 5.86. The average Bonchev–Trinajstić information content (AvgIpc) is 3.30. The predicted molar refractivity (Wildman–Crippen MR) is 126 cm³/mol. The first-order valence-electron chi connectivity index (χ1n) is 11.0. The lowest BCUT2D eigenvalue weighted by Crippen LogP contribution is -2.50. The molecular weight excluding hydrogens is 435 g/mol. The van der Waals surface area contributed by atoms with E-state index in [-0.39, 0.29) is 24.2 Å². The minimum absolute atomic E-state index is 0.122. The molecule has 3 heterocycles. The first-order chi connectivity index (χ1) is 16.6. The molecule has 172 valence electrons. The summed E-state index contributed by atoms with van der Waals surface area (Å²) in [4.78, 5) is 33.7. The first kappa shape index (κ1) is 21.7. The molecule has 1 aliphatic heterocycles. The minimum atomic E-state index is -0.350. The normalized spacial score (nSPS) is 14.3. The van der Waals surface area contributed by atoms with E-state index in [1.54, 1.807) is 21.8 Å². The molecule has 0 aliphatic carbocycles. The fraction of sp³-hybridized carbons (Fsp3) is 0.200. The monoisotopic (exact) mass is 458 g/mol. The van der Waals surface area contributed by atoms with Crippen LogP contribution < -0.4 is 5.32 Å². The van der Waals surface area contributed by atoms with Crippen molar-refractivity contribution in [3.63, 3.8) is 0 Å². The van der Waals surface area contributed by atoms with Crippen LogP contribution in [0, 0.1) is 5.82 Å². The summed E-state index contributed by atoms with van der Waals surface area (Å²) in [5, 5.41) is 7.19. The van der Waals surface area contributed by atoms with Crippen LogP contribution in [-0.4, -0.2) is 68.9 Å². The number of fused-ring (bicyclic) bond motifs is 1. The average molecular weight is 458 g/mol. The lowest BCUT2D eigenvalue weighted by atomic mass is 10.1. The number of amides is 2. The van der Waals surface area contributed by atoms with E-state index in [1.807, 2.05) is 41.3 Å². The molecule has 1 saturated heterocycles. The Morgan fingerprint density at radius 1 is 0.941 bits per heavy atom. The number of hydrogen-bond acceptors (Lipinski definition) is 5. The van der Waals surface area contributed by atoms with Crippen molar-refractivity contribution >= 4 is 23.1 Å². The van der Waals surface area contributed by atoms with E-state index in [9.17, 15) is 14.0 Å². The molecule has 8 nitrogen and oxygen atoms in total. The number of carbonyl (C=O) groups is 2. The van der Waals surface area contributed by atoms with Gasteiger partial charge in [-0.1, -0.05) is 30.3 Å². The number of benzene rings is 2. The number of carbonyl (C=O) groups excluding carboxylic acids is 2. The van der Waals surface area contributed by atoms with Gasteiger partial charge in [-0.3, -0.25) is 14.5 Å². The summed E-state index contributed by atoms with van der Waals surface area (Å²) in [6.45, 7) is 2.35. The maximum absolute atomic E-state index is 13.2. The Labute approximate surface area is 195 Å². The highest BCUT2D eigenvalue weighted by Gasteiger charge is 2.26. The number of hydrogen-bond donors (Lipinski definition) is 1. The van der Waals surface area contributed by atoms with Gasteiger partial charge in [0.2, 0.25) is 5.91 Å². The highest BCUT2D eigenvalue weighted by Crippen LogP contribution is 2.21. The van der Waals surface area contributed by atoms with Crippen LogP contribution in [0.2, 0.25) is 0 Å². The summed E-state index contributed by atoms with van der Waals surface area (Å²) in [5.74, 6) is -0.647. The van der Waals surface area contributed by atoms with Crippen LogP contribution in [0.5, 0.6) is 0 Å². The fourth-order valence-corrected chi connectivity index (χ4v) is 4.09. The molecular formula is C25H23FN6O2. The van der Waals surface area contributed by atoms with Gasteiger partial charge in [-0.2, -0.15) is 5.10 Å². The summed E-state index contributed by atoms with van der Waals surface area (Å²) < 4.78 is 14.7. The van der Waals surface area contributed by atoms with E-state index in [4.69, 9.17) is 0 Å². The standard InChI is InChI=1S/C25H23FN6O2/c26-19-6-8-20(9-7-19)29-23(33)17-30-12-14-31(15-13-30)25(34)21-16-28-32-22(10-11-27-24(21)32)18-4-2-1-3-5-18/h1-11,16H,12-15,17H2,(H,29,33). The smallest absolute Gasteiger partial charge is 0.259 e. The molecule has 9 heteroatoms. The molecule has 0 spiro atoms. The zero-order valence-electron chi connectivity index (χ0n) is 18.4. The topological polar surface area (TPSA) is 82.8 Å². The zero-order valence-corrected chi connectivity index (χ0v) is 18.4. The number of piperazine rings is 1. The van der Waals surface area contributed by atoms with Crippen molar-refractivity contribution in [2.75, 3.05) is 38.0 Å². The van der Waals surface area contributed by atoms with Crippen LogP contribution >= 0.6 is 0 Å². The quantitative estimate of drug-likeness (QED) is 0.497. The van der Waals surface area contributed by atoms with Crippen LogP contribution in [0.1, 0.15) is 10.4 Å². The molecule has 1 aliphatic rings. The number of nitrogens with zero attached hydrogens (tertiary/aromatic N) is 5.